The molecule has 2 N–H and O–H groups in total. The van der Waals surface area contributed by atoms with Crippen LogP contribution in [0.3, 0.4) is 0 Å². The van der Waals surface area contributed by atoms with Gasteiger partial charge < -0.3 is 10.2 Å². The summed E-state index contributed by atoms with van der Waals surface area (Å²) < 4.78 is 62.7. The molecular weight excluding hydrogens is 315 g/mol. The van der Waals surface area contributed by atoms with Crippen LogP contribution in [0.25, 0.3) is 0 Å². The Morgan fingerprint density at radius 2 is 1.90 bits per heavy atom. The molecule has 1 heterocycles. The number of alkyl halides is 3. The van der Waals surface area contributed by atoms with Crippen molar-refractivity contribution in [3.8, 4) is 11.8 Å². The second-order valence-electron chi connectivity index (χ2n) is 4.92. The highest BCUT2D eigenvalue weighted by atomic mass is 32.2. The van der Waals surface area contributed by atoms with E-state index in [4.69, 9.17) is 0 Å². The van der Waals surface area contributed by atoms with E-state index in [1.807, 2.05) is 6.08 Å². The SMILES string of the molecule is O=S(=O)(On1c(O)c2c(c1O)C1C=CC1CC2)C(F)(F)F. The molecule has 116 valence electrons. The Kier molecular flexibility index (Phi) is 2.75. The minimum absolute atomic E-state index is 0.0813. The van der Waals surface area contributed by atoms with Gasteiger partial charge in [-0.2, -0.15) is 21.6 Å². The maximum atomic E-state index is 12.3. The zero-order valence-electron chi connectivity index (χ0n) is 10.3. The zero-order valence-corrected chi connectivity index (χ0v) is 11.1. The van der Waals surface area contributed by atoms with Crippen LogP contribution in [-0.4, -0.2) is 28.9 Å². The van der Waals surface area contributed by atoms with E-state index >= 15 is 0 Å². The normalized spacial score (nSPS) is 24.1. The molecule has 10 heteroatoms. The van der Waals surface area contributed by atoms with Gasteiger partial charge in [-0.1, -0.05) is 16.9 Å². The van der Waals surface area contributed by atoms with E-state index in [-0.39, 0.29) is 27.7 Å². The van der Waals surface area contributed by atoms with E-state index in [1.54, 1.807) is 6.08 Å². The molecule has 3 rings (SSSR count). The number of fused-ring (bicyclic) bond motifs is 3. The van der Waals surface area contributed by atoms with Crippen LogP contribution < -0.4 is 4.28 Å². The molecule has 2 aliphatic rings. The van der Waals surface area contributed by atoms with Crippen molar-refractivity contribution in [3.63, 3.8) is 0 Å². The predicted molar refractivity (Wildman–Crippen MR) is 63.0 cm³/mol. The average Bonchev–Trinajstić information content (AvgIpc) is 2.53. The molecule has 0 saturated heterocycles. The maximum Gasteiger partial charge on any atom is 0.536 e. The molecule has 6 nitrogen and oxygen atoms in total. The van der Waals surface area contributed by atoms with Crippen LogP contribution >= 0.6 is 0 Å². The molecule has 0 radical (unpaired) electrons. The highest BCUT2D eigenvalue weighted by Crippen LogP contribution is 2.51. The van der Waals surface area contributed by atoms with Gasteiger partial charge in [0.2, 0.25) is 11.8 Å². The van der Waals surface area contributed by atoms with Crippen LogP contribution in [0.1, 0.15) is 23.5 Å². The molecule has 0 fully saturated rings. The second-order valence-corrected chi connectivity index (χ2v) is 6.44. The summed E-state index contributed by atoms with van der Waals surface area (Å²) in [6.45, 7) is 0. The topological polar surface area (TPSA) is 88.8 Å². The number of halogens is 3. The lowest BCUT2D eigenvalue weighted by atomic mass is 9.70. The number of aromatic nitrogens is 1. The highest BCUT2D eigenvalue weighted by molar-refractivity contribution is 7.87. The van der Waals surface area contributed by atoms with E-state index in [0.29, 0.717) is 12.8 Å². The fourth-order valence-electron chi connectivity index (χ4n) is 2.67. The molecule has 1 aromatic heterocycles. The third kappa shape index (κ3) is 1.88. The molecule has 2 aliphatic carbocycles. The van der Waals surface area contributed by atoms with Gasteiger partial charge in [0.05, 0.1) is 0 Å². The van der Waals surface area contributed by atoms with Crippen LogP contribution in [0.2, 0.25) is 0 Å². The number of nitrogens with zero attached hydrogens (tertiary/aromatic N) is 1. The molecule has 2 unspecified atom stereocenters. The van der Waals surface area contributed by atoms with Crippen LogP contribution in [-0.2, 0) is 16.5 Å². The first kappa shape index (κ1) is 14.1. The standard InChI is InChI=1S/C11H10F3NO5S/c12-11(13,14)21(18,19)20-15-9(16)7-4-2-5-1-3-6(5)8(7)10(15)17/h1,3,5-6,16-17H,2,4H2. The van der Waals surface area contributed by atoms with Gasteiger partial charge in [0.25, 0.3) is 0 Å². The predicted octanol–water partition coefficient (Wildman–Crippen LogP) is 1.39. The molecule has 0 aromatic carbocycles. The summed E-state index contributed by atoms with van der Waals surface area (Å²) in [5.74, 6) is -1.78. The molecule has 0 amide bonds. The van der Waals surface area contributed by atoms with Crippen LogP contribution in [0, 0.1) is 5.92 Å². The van der Waals surface area contributed by atoms with Crippen molar-refractivity contribution in [2.24, 2.45) is 5.92 Å². The number of allylic oxidation sites excluding steroid dienone is 2. The molecule has 0 aliphatic heterocycles. The Balaban J connectivity index is 2.06. The van der Waals surface area contributed by atoms with E-state index in [9.17, 15) is 31.8 Å². The summed E-state index contributed by atoms with van der Waals surface area (Å²) in [5.41, 5.74) is -5.24. The minimum atomic E-state index is -5.98. The number of rotatable bonds is 2. The second kappa shape index (κ2) is 4.09. The van der Waals surface area contributed by atoms with E-state index in [0.717, 1.165) is 0 Å². The first-order valence-corrected chi connectivity index (χ1v) is 7.39. The lowest BCUT2D eigenvalue weighted by Gasteiger charge is -2.33. The van der Waals surface area contributed by atoms with Gasteiger partial charge in [0.15, 0.2) is 0 Å². The van der Waals surface area contributed by atoms with E-state index < -0.39 is 27.4 Å². The van der Waals surface area contributed by atoms with Gasteiger partial charge >= 0.3 is 15.6 Å². The third-order valence-electron chi connectivity index (χ3n) is 3.76. The summed E-state index contributed by atoms with van der Waals surface area (Å²) in [5, 5.41) is 19.8. The van der Waals surface area contributed by atoms with Gasteiger partial charge in [-0.05, 0) is 18.8 Å². The summed E-state index contributed by atoms with van der Waals surface area (Å²) in [6.07, 6.45) is 4.57. The van der Waals surface area contributed by atoms with Crippen molar-refractivity contribution in [2.75, 3.05) is 0 Å². The van der Waals surface area contributed by atoms with Crippen LogP contribution in [0.5, 0.6) is 11.8 Å². The van der Waals surface area contributed by atoms with Gasteiger partial charge in [-0.15, -0.1) is 0 Å². The van der Waals surface area contributed by atoms with Crippen molar-refractivity contribution >= 4 is 10.1 Å². The molecule has 2 atom stereocenters. The number of hydrogen-bond acceptors (Lipinski definition) is 5. The monoisotopic (exact) mass is 325 g/mol. The molecule has 1 aromatic rings. The van der Waals surface area contributed by atoms with Gasteiger partial charge in [-0.3, -0.25) is 4.28 Å². The first-order chi connectivity index (χ1) is 9.63. The quantitative estimate of drug-likeness (QED) is 0.634. The maximum absolute atomic E-state index is 12.3. The Morgan fingerprint density at radius 3 is 2.43 bits per heavy atom. The molecule has 21 heavy (non-hydrogen) atoms. The van der Waals surface area contributed by atoms with Crippen molar-refractivity contribution in [2.45, 2.75) is 24.3 Å². The molecule has 0 spiro atoms. The Labute approximate surface area is 117 Å². The summed E-state index contributed by atoms with van der Waals surface area (Å²) in [7, 11) is -5.98. The fourth-order valence-corrected chi connectivity index (χ4v) is 3.09. The van der Waals surface area contributed by atoms with E-state index in [2.05, 4.69) is 4.28 Å². The molecule has 0 saturated carbocycles. The first-order valence-electron chi connectivity index (χ1n) is 5.98. The zero-order chi connectivity index (χ0) is 15.6. The van der Waals surface area contributed by atoms with Crippen molar-refractivity contribution in [3.05, 3.63) is 23.3 Å². The smallest absolute Gasteiger partial charge is 0.492 e. The lowest BCUT2D eigenvalue weighted by Crippen LogP contribution is -2.32. The molecular formula is C11H10F3NO5S. The molecule has 0 bridgehead atoms. The Bertz CT molecular complexity index is 734. The summed E-state index contributed by atoms with van der Waals surface area (Å²) >= 11 is 0. The van der Waals surface area contributed by atoms with Gasteiger partial charge in [0.1, 0.15) is 0 Å². The third-order valence-corrected chi connectivity index (χ3v) is 4.68. The summed E-state index contributed by atoms with van der Waals surface area (Å²) in [6, 6.07) is 0. The lowest BCUT2D eigenvalue weighted by molar-refractivity contribution is -0.0554. The summed E-state index contributed by atoms with van der Waals surface area (Å²) in [4.78, 5) is 0. The van der Waals surface area contributed by atoms with Crippen LogP contribution in [0.4, 0.5) is 13.2 Å². The van der Waals surface area contributed by atoms with Gasteiger partial charge in [-0.25, -0.2) is 0 Å². The van der Waals surface area contributed by atoms with Crippen molar-refractivity contribution < 1.29 is 36.1 Å². The Morgan fingerprint density at radius 1 is 1.24 bits per heavy atom. The number of aromatic hydroxyl groups is 2. The number of hydrogen-bond donors (Lipinski definition) is 2. The fraction of sp³-hybridized carbons (Fsp3) is 0.455. The van der Waals surface area contributed by atoms with Gasteiger partial charge in [0, 0.05) is 17.0 Å². The minimum Gasteiger partial charge on any atom is -0.492 e. The van der Waals surface area contributed by atoms with Crippen molar-refractivity contribution in [1.82, 2.24) is 4.73 Å². The van der Waals surface area contributed by atoms with Crippen molar-refractivity contribution in [1.29, 1.82) is 0 Å². The average molecular weight is 325 g/mol. The highest BCUT2D eigenvalue weighted by Gasteiger charge is 2.50. The van der Waals surface area contributed by atoms with E-state index in [1.165, 1.54) is 0 Å². The largest absolute Gasteiger partial charge is 0.536 e. The Hall–Kier alpha value is -1.84. The van der Waals surface area contributed by atoms with Crippen LogP contribution in [0.15, 0.2) is 12.2 Å².